The van der Waals surface area contributed by atoms with E-state index in [0.717, 1.165) is 24.5 Å². The summed E-state index contributed by atoms with van der Waals surface area (Å²) < 4.78 is 7.05. The monoisotopic (exact) mass is 288 g/mol. The summed E-state index contributed by atoms with van der Waals surface area (Å²) in [6, 6.07) is 8.13. The lowest BCUT2D eigenvalue weighted by Crippen LogP contribution is -2.35. The molecule has 1 aromatic carbocycles. The number of hydrogen-bond donors (Lipinski definition) is 1. The summed E-state index contributed by atoms with van der Waals surface area (Å²) in [7, 11) is 1.68. The number of benzene rings is 1. The first kappa shape index (κ1) is 15.5. The van der Waals surface area contributed by atoms with Crippen LogP contribution in [-0.2, 0) is 19.5 Å². The van der Waals surface area contributed by atoms with Crippen molar-refractivity contribution in [3.8, 4) is 5.75 Å². The van der Waals surface area contributed by atoms with Crippen molar-refractivity contribution < 1.29 is 4.74 Å². The van der Waals surface area contributed by atoms with Crippen LogP contribution in [0.15, 0.2) is 30.6 Å². The second-order valence-electron chi connectivity index (χ2n) is 6.13. The number of nitrogens with one attached hydrogen (secondary N) is 1. The molecule has 114 valence electrons. The summed E-state index contributed by atoms with van der Waals surface area (Å²) >= 11 is 0. The fourth-order valence-electron chi connectivity index (χ4n) is 1.90. The van der Waals surface area contributed by atoms with Gasteiger partial charge in [-0.25, -0.2) is 4.98 Å². The second-order valence-corrected chi connectivity index (χ2v) is 6.13. The Hall–Kier alpha value is -1.88. The van der Waals surface area contributed by atoms with Crippen LogP contribution < -0.4 is 10.1 Å². The molecule has 21 heavy (non-hydrogen) atoms. The van der Waals surface area contributed by atoms with Crippen LogP contribution in [0.2, 0.25) is 0 Å². The number of aryl methyl sites for hydroxylation is 2. The minimum Gasteiger partial charge on any atom is -0.497 e. The summed E-state index contributed by atoms with van der Waals surface area (Å²) in [6.07, 6.45) is 2.72. The Morgan fingerprint density at radius 1 is 1.19 bits per heavy atom. The molecule has 2 aromatic rings. The molecule has 0 saturated heterocycles. The zero-order valence-corrected chi connectivity index (χ0v) is 13.3. The lowest BCUT2D eigenvalue weighted by atomic mass is 10.1. The largest absolute Gasteiger partial charge is 0.497 e. The maximum Gasteiger partial charge on any atom is 0.164 e. The van der Waals surface area contributed by atoms with Crippen molar-refractivity contribution in [3.63, 3.8) is 0 Å². The molecule has 0 fully saturated rings. The van der Waals surface area contributed by atoms with Gasteiger partial charge in [-0.05, 0) is 44.9 Å². The van der Waals surface area contributed by atoms with Crippen molar-refractivity contribution in [3.05, 3.63) is 42.0 Å². The Balaban J connectivity index is 1.84. The first-order valence-corrected chi connectivity index (χ1v) is 7.22. The van der Waals surface area contributed by atoms with Gasteiger partial charge in [-0.3, -0.25) is 4.68 Å². The lowest BCUT2D eigenvalue weighted by molar-refractivity contribution is 0.414. The molecule has 0 saturated carbocycles. The lowest BCUT2D eigenvalue weighted by Gasteiger charge is -2.19. The molecule has 0 aliphatic carbocycles. The quantitative estimate of drug-likeness (QED) is 0.887. The van der Waals surface area contributed by atoms with E-state index in [-0.39, 0.29) is 5.54 Å². The van der Waals surface area contributed by atoms with E-state index in [0.29, 0.717) is 6.54 Å². The van der Waals surface area contributed by atoms with Gasteiger partial charge in [-0.2, -0.15) is 5.10 Å². The zero-order valence-electron chi connectivity index (χ0n) is 13.3. The van der Waals surface area contributed by atoms with Gasteiger partial charge in [0.05, 0.1) is 13.7 Å². The summed E-state index contributed by atoms with van der Waals surface area (Å²) in [6.45, 7) is 7.92. The van der Waals surface area contributed by atoms with E-state index in [1.54, 1.807) is 13.4 Å². The topological polar surface area (TPSA) is 52.0 Å². The Bertz CT molecular complexity index is 554. The van der Waals surface area contributed by atoms with Crippen molar-refractivity contribution in [2.75, 3.05) is 7.11 Å². The fourth-order valence-corrected chi connectivity index (χ4v) is 1.90. The predicted molar refractivity (Wildman–Crippen MR) is 83.3 cm³/mol. The third-order valence-electron chi connectivity index (χ3n) is 3.15. The highest BCUT2D eigenvalue weighted by Gasteiger charge is 2.10. The van der Waals surface area contributed by atoms with Gasteiger partial charge in [-0.1, -0.05) is 12.1 Å². The third-order valence-corrected chi connectivity index (χ3v) is 3.15. The van der Waals surface area contributed by atoms with E-state index in [4.69, 9.17) is 4.74 Å². The number of ether oxygens (including phenoxy) is 1. The third kappa shape index (κ3) is 5.19. The summed E-state index contributed by atoms with van der Waals surface area (Å²) in [5.41, 5.74) is 1.34. The van der Waals surface area contributed by atoms with Crippen LogP contribution in [0.25, 0.3) is 0 Å². The highest BCUT2D eigenvalue weighted by Crippen LogP contribution is 2.12. The number of aromatic nitrogens is 3. The smallest absolute Gasteiger partial charge is 0.164 e. The molecule has 0 bridgehead atoms. The second kappa shape index (κ2) is 6.72. The van der Waals surface area contributed by atoms with Crippen LogP contribution in [0.5, 0.6) is 5.75 Å². The number of methoxy groups -OCH3 is 1. The van der Waals surface area contributed by atoms with Crippen molar-refractivity contribution >= 4 is 0 Å². The van der Waals surface area contributed by atoms with Crippen molar-refractivity contribution in [1.82, 2.24) is 20.1 Å². The molecule has 1 heterocycles. The van der Waals surface area contributed by atoms with Crippen LogP contribution in [0, 0.1) is 0 Å². The standard InChI is InChI=1S/C16H24N4O/c1-16(2,3)18-11-15-17-12-20(19-15)10-9-13-5-7-14(21-4)8-6-13/h5-8,12,18H,9-11H2,1-4H3. The number of rotatable bonds is 6. The molecule has 0 aliphatic rings. The van der Waals surface area contributed by atoms with Gasteiger partial charge in [0, 0.05) is 12.1 Å². The van der Waals surface area contributed by atoms with Gasteiger partial charge < -0.3 is 10.1 Å². The Kier molecular flexibility index (Phi) is 4.96. The molecule has 0 atom stereocenters. The van der Waals surface area contributed by atoms with E-state index < -0.39 is 0 Å². The zero-order chi connectivity index (χ0) is 15.3. The molecule has 0 aliphatic heterocycles. The average molecular weight is 288 g/mol. The van der Waals surface area contributed by atoms with Crippen LogP contribution in [0.1, 0.15) is 32.2 Å². The molecule has 0 spiro atoms. The molecule has 1 N–H and O–H groups in total. The van der Waals surface area contributed by atoms with Crippen LogP contribution >= 0.6 is 0 Å². The van der Waals surface area contributed by atoms with Crippen molar-refractivity contribution in [2.45, 2.75) is 45.8 Å². The van der Waals surface area contributed by atoms with Crippen LogP contribution in [0.3, 0.4) is 0 Å². The molecule has 0 amide bonds. The van der Waals surface area contributed by atoms with Gasteiger partial charge in [0.2, 0.25) is 0 Å². The molecule has 5 heteroatoms. The van der Waals surface area contributed by atoms with Crippen LogP contribution in [0.4, 0.5) is 0 Å². The molecule has 2 rings (SSSR count). The Morgan fingerprint density at radius 2 is 1.90 bits per heavy atom. The number of nitrogens with zero attached hydrogens (tertiary/aromatic N) is 3. The van der Waals surface area contributed by atoms with Gasteiger partial charge in [-0.15, -0.1) is 0 Å². The van der Waals surface area contributed by atoms with E-state index in [2.05, 4.69) is 48.3 Å². The van der Waals surface area contributed by atoms with E-state index in [9.17, 15) is 0 Å². The maximum atomic E-state index is 5.16. The minimum absolute atomic E-state index is 0.0779. The highest BCUT2D eigenvalue weighted by molar-refractivity contribution is 5.27. The predicted octanol–water partition coefficient (Wildman–Crippen LogP) is 2.42. The van der Waals surface area contributed by atoms with Gasteiger partial charge in [0.15, 0.2) is 5.82 Å². The van der Waals surface area contributed by atoms with E-state index in [1.807, 2.05) is 16.8 Å². The summed E-state index contributed by atoms with van der Waals surface area (Å²) in [5, 5.41) is 7.87. The molecular formula is C16H24N4O. The van der Waals surface area contributed by atoms with Crippen molar-refractivity contribution in [1.29, 1.82) is 0 Å². The maximum absolute atomic E-state index is 5.16. The fraction of sp³-hybridized carbons (Fsp3) is 0.500. The SMILES string of the molecule is COc1ccc(CCn2cnc(CNC(C)(C)C)n2)cc1. The van der Waals surface area contributed by atoms with E-state index >= 15 is 0 Å². The summed E-state index contributed by atoms with van der Waals surface area (Å²) in [5.74, 6) is 1.72. The Labute approximate surface area is 126 Å². The normalized spacial score (nSPS) is 11.6. The first-order chi connectivity index (χ1) is 9.96. The van der Waals surface area contributed by atoms with Gasteiger partial charge in [0.1, 0.15) is 12.1 Å². The Morgan fingerprint density at radius 3 is 2.52 bits per heavy atom. The molecule has 0 unspecified atom stereocenters. The molecule has 5 nitrogen and oxygen atoms in total. The highest BCUT2D eigenvalue weighted by atomic mass is 16.5. The average Bonchev–Trinajstić information content (AvgIpc) is 2.91. The van der Waals surface area contributed by atoms with Gasteiger partial charge >= 0.3 is 0 Å². The van der Waals surface area contributed by atoms with Crippen molar-refractivity contribution in [2.24, 2.45) is 0 Å². The van der Waals surface area contributed by atoms with E-state index in [1.165, 1.54) is 5.56 Å². The first-order valence-electron chi connectivity index (χ1n) is 7.22. The molecule has 0 radical (unpaired) electrons. The minimum atomic E-state index is 0.0779. The number of hydrogen-bond acceptors (Lipinski definition) is 4. The van der Waals surface area contributed by atoms with Gasteiger partial charge in [0.25, 0.3) is 0 Å². The summed E-state index contributed by atoms with van der Waals surface area (Å²) in [4.78, 5) is 4.33. The van der Waals surface area contributed by atoms with Crippen LogP contribution in [-0.4, -0.2) is 27.4 Å². The molecule has 1 aromatic heterocycles. The molecular weight excluding hydrogens is 264 g/mol.